The number of pyridine rings is 1. The van der Waals surface area contributed by atoms with Gasteiger partial charge in [-0.05, 0) is 59.4 Å². The number of hydrogen-bond donors (Lipinski definition) is 3. The molecule has 0 spiro atoms. The minimum atomic E-state index is -2.82. The van der Waals surface area contributed by atoms with Crippen LogP contribution in [-0.2, 0) is 0 Å². The Labute approximate surface area is 207 Å². The van der Waals surface area contributed by atoms with Gasteiger partial charge in [0.05, 0.1) is 11.0 Å². The first-order chi connectivity index (χ1) is 16.4. The maximum atomic E-state index is 14.2. The number of nitrogens with zero attached hydrogens (tertiary/aromatic N) is 3. The number of aliphatic hydroxyl groups excluding tert-OH is 1. The van der Waals surface area contributed by atoms with Gasteiger partial charge in [-0.1, -0.05) is 0 Å². The SMILES string of the molecule is C[C@H]1CCCN1C(=O)c1nc(C(=O)N[C@H]2C[C@H](O)C2)sc1-c1cnc(NC(C)(C)C)cc1C(F)F. The molecule has 1 aliphatic heterocycles. The lowest BCUT2D eigenvalue weighted by molar-refractivity contribution is 0.0562. The molecule has 0 unspecified atom stereocenters. The average molecular weight is 508 g/mol. The van der Waals surface area contributed by atoms with Gasteiger partial charge in [0.15, 0.2) is 5.01 Å². The van der Waals surface area contributed by atoms with Gasteiger partial charge >= 0.3 is 0 Å². The van der Waals surface area contributed by atoms with Gasteiger partial charge in [-0.25, -0.2) is 18.7 Å². The van der Waals surface area contributed by atoms with Crippen LogP contribution in [0.4, 0.5) is 14.6 Å². The van der Waals surface area contributed by atoms with Crippen molar-refractivity contribution in [1.29, 1.82) is 0 Å². The highest BCUT2D eigenvalue weighted by Gasteiger charge is 2.34. The van der Waals surface area contributed by atoms with E-state index in [1.165, 1.54) is 12.3 Å². The van der Waals surface area contributed by atoms with Crippen molar-refractivity contribution in [1.82, 2.24) is 20.2 Å². The molecule has 4 rings (SSSR count). The molecule has 190 valence electrons. The number of nitrogens with one attached hydrogen (secondary N) is 2. The number of carbonyl (C=O) groups is 2. The standard InChI is InChI=1S/C24H31F2N5O3S/c1-12-6-5-7-31(12)23(34)18-19(35-22(29-18)21(33)28-13-8-14(32)9-13)16-11-27-17(30-24(2,3)4)10-15(16)20(25)26/h10-14,20,32H,5-9H2,1-4H3,(H,27,30)(H,28,33)/t12-,13-,14-/m0/s1. The minimum absolute atomic E-state index is 0.00292. The van der Waals surface area contributed by atoms with Crippen molar-refractivity contribution in [3.05, 3.63) is 28.5 Å². The maximum absolute atomic E-state index is 14.2. The van der Waals surface area contributed by atoms with E-state index >= 15 is 0 Å². The van der Waals surface area contributed by atoms with E-state index in [2.05, 4.69) is 20.6 Å². The zero-order valence-electron chi connectivity index (χ0n) is 20.3. The summed E-state index contributed by atoms with van der Waals surface area (Å²) in [6.07, 6.45) is 0.641. The van der Waals surface area contributed by atoms with E-state index in [-0.39, 0.29) is 50.2 Å². The summed E-state index contributed by atoms with van der Waals surface area (Å²) in [5, 5.41) is 15.4. The molecule has 2 aliphatic rings. The number of halogens is 2. The summed E-state index contributed by atoms with van der Waals surface area (Å²) in [5.74, 6) is -0.570. The highest BCUT2D eigenvalue weighted by atomic mass is 32.1. The predicted molar refractivity (Wildman–Crippen MR) is 130 cm³/mol. The molecule has 2 amide bonds. The molecule has 2 aromatic heterocycles. The Balaban J connectivity index is 1.75. The summed E-state index contributed by atoms with van der Waals surface area (Å²) >= 11 is 0.910. The summed E-state index contributed by atoms with van der Waals surface area (Å²) < 4.78 is 28.4. The fourth-order valence-corrected chi connectivity index (χ4v) is 5.35. The van der Waals surface area contributed by atoms with Gasteiger partial charge in [-0.2, -0.15) is 0 Å². The lowest BCUT2D eigenvalue weighted by Crippen LogP contribution is -2.46. The molecular weight excluding hydrogens is 476 g/mol. The highest BCUT2D eigenvalue weighted by Crippen LogP contribution is 2.39. The molecule has 3 heterocycles. The quantitative estimate of drug-likeness (QED) is 0.540. The number of hydrogen-bond acceptors (Lipinski definition) is 7. The second kappa shape index (κ2) is 9.77. The summed E-state index contributed by atoms with van der Waals surface area (Å²) in [4.78, 5) is 36.8. The number of aromatic nitrogens is 2. The summed E-state index contributed by atoms with van der Waals surface area (Å²) in [6, 6.07) is 1.10. The molecule has 35 heavy (non-hydrogen) atoms. The lowest BCUT2D eigenvalue weighted by Gasteiger charge is -2.31. The number of thiazole rings is 1. The summed E-state index contributed by atoms with van der Waals surface area (Å²) in [5.41, 5.74) is -0.591. The van der Waals surface area contributed by atoms with Gasteiger partial charge in [0, 0.05) is 41.5 Å². The average Bonchev–Trinajstić information content (AvgIpc) is 3.37. The van der Waals surface area contributed by atoms with Crippen molar-refractivity contribution in [2.45, 2.75) is 83.5 Å². The molecule has 8 nitrogen and oxygen atoms in total. The summed E-state index contributed by atoms with van der Waals surface area (Å²) in [7, 11) is 0. The van der Waals surface area contributed by atoms with E-state index in [4.69, 9.17) is 0 Å². The number of alkyl halides is 2. The Hall–Kier alpha value is -2.66. The predicted octanol–water partition coefficient (Wildman–Crippen LogP) is 4.23. The van der Waals surface area contributed by atoms with Gasteiger partial charge in [0.2, 0.25) is 0 Å². The molecule has 2 fully saturated rings. The van der Waals surface area contributed by atoms with Gasteiger partial charge in [-0.3, -0.25) is 9.59 Å². The van der Waals surface area contributed by atoms with Gasteiger partial charge in [0.25, 0.3) is 18.2 Å². The van der Waals surface area contributed by atoms with E-state index < -0.39 is 18.4 Å². The van der Waals surface area contributed by atoms with Gasteiger partial charge in [0.1, 0.15) is 11.5 Å². The molecule has 1 saturated carbocycles. The molecule has 0 radical (unpaired) electrons. The van der Waals surface area contributed by atoms with E-state index in [0.29, 0.717) is 25.2 Å². The monoisotopic (exact) mass is 507 g/mol. The Kier molecular flexibility index (Phi) is 7.10. The Morgan fingerprint density at radius 2 is 2.00 bits per heavy atom. The third-order valence-corrected chi connectivity index (χ3v) is 7.29. The minimum Gasteiger partial charge on any atom is -0.393 e. The molecule has 1 saturated heterocycles. The van der Waals surface area contributed by atoms with Crippen LogP contribution in [0.2, 0.25) is 0 Å². The van der Waals surface area contributed by atoms with Crippen molar-refractivity contribution in [3.63, 3.8) is 0 Å². The van der Waals surface area contributed by atoms with E-state index in [0.717, 1.165) is 24.2 Å². The largest absolute Gasteiger partial charge is 0.393 e. The van der Waals surface area contributed by atoms with Crippen molar-refractivity contribution in [3.8, 4) is 10.4 Å². The number of carbonyl (C=O) groups excluding carboxylic acids is 2. The number of rotatable bonds is 6. The fourth-order valence-electron chi connectivity index (χ4n) is 4.36. The Morgan fingerprint density at radius 1 is 1.29 bits per heavy atom. The van der Waals surface area contributed by atoms with Crippen LogP contribution in [0.25, 0.3) is 10.4 Å². The van der Waals surface area contributed by atoms with Crippen LogP contribution in [0.3, 0.4) is 0 Å². The van der Waals surface area contributed by atoms with Crippen LogP contribution >= 0.6 is 11.3 Å². The molecule has 2 aromatic rings. The van der Waals surface area contributed by atoms with Crippen LogP contribution in [-0.4, -0.2) is 62.1 Å². The first-order valence-electron chi connectivity index (χ1n) is 11.8. The third kappa shape index (κ3) is 5.61. The van der Waals surface area contributed by atoms with Gasteiger partial charge < -0.3 is 20.6 Å². The van der Waals surface area contributed by atoms with Crippen molar-refractivity contribution in [2.75, 3.05) is 11.9 Å². The Bertz CT molecular complexity index is 1110. The molecule has 1 atom stereocenters. The molecular formula is C24H31F2N5O3S. The topological polar surface area (TPSA) is 107 Å². The van der Waals surface area contributed by atoms with E-state index in [9.17, 15) is 23.5 Å². The number of aliphatic hydroxyl groups is 1. The second-order valence-electron chi connectivity index (χ2n) is 10.3. The fraction of sp³-hybridized carbons (Fsp3) is 0.583. The van der Waals surface area contributed by atoms with E-state index in [1.807, 2.05) is 27.7 Å². The van der Waals surface area contributed by atoms with Crippen molar-refractivity contribution < 1.29 is 23.5 Å². The number of amides is 2. The third-order valence-electron chi connectivity index (χ3n) is 6.20. The molecule has 0 aromatic carbocycles. The lowest BCUT2D eigenvalue weighted by atomic mass is 9.89. The molecule has 11 heteroatoms. The number of likely N-dealkylation sites (tertiary alicyclic amines) is 1. The molecule has 0 bridgehead atoms. The van der Waals surface area contributed by atoms with Crippen LogP contribution in [0.15, 0.2) is 12.3 Å². The molecule has 1 aliphatic carbocycles. The van der Waals surface area contributed by atoms with Crippen molar-refractivity contribution in [2.24, 2.45) is 0 Å². The van der Waals surface area contributed by atoms with Crippen LogP contribution in [0.5, 0.6) is 0 Å². The second-order valence-corrected chi connectivity index (χ2v) is 11.3. The zero-order chi connectivity index (χ0) is 25.5. The van der Waals surface area contributed by atoms with Crippen LogP contribution in [0, 0.1) is 0 Å². The normalized spacial score (nSPS) is 22.3. The zero-order valence-corrected chi connectivity index (χ0v) is 21.1. The van der Waals surface area contributed by atoms with Crippen LogP contribution < -0.4 is 10.6 Å². The summed E-state index contributed by atoms with van der Waals surface area (Å²) in [6.45, 7) is 8.17. The smallest absolute Gasteiger partial charge is 0.280 e. The molecule has 3 N–H and O–H groups in total. The van der Waals surface area contributed by atoms with Crippen molar-refractivity contribution >= 4 is 29.0 Å². The Morgan fingerprint density at radius 3 is 2.57 bits per heavy atom. The van der Waals surface area contributed by atoms with Crippen LogP contribution in [0.1, 0.15) is 85.7 Å². The maximum Gasteiger partial charge on any atom is 0.280 e. The van der Waals surface area contributed by atoms with E-state index in [1.54, 1.807) is 4.90 Å². The number of anilines is 1. The first-order valence-corrected chi connectivity index (χ1v) is 12.6. The highest BCUT2D eigenvalue weighted by molar-refractivity contribution is 7.17. The first kappa shape index (κ1) is 25.4. The van der Waals surface area contributed by atoms with Gasteiger partial charge in [-0.15, -0.1) is 11.3 Å².